The number of hydrogen-bond acceptors (Lipinski definition) is 2. The standard InChI is InChI=1S/C11H18N2OS/c12-9(15)11(5-6-11)10(14)13-7-3-1-2-4-8-13/h1-8H2,(H2,12,15). The van der Waals surface area contributed by atoms with E-state index in [1.54, 1.807) is 0 Å². The van der Waals surface area contributed by atoms with Crippen LogP contribution in [0.1, 0.15) is 38.5 Å². The second kappa shape index (κ2) is 4.08. The van der Waals surface area contributed by atoms with E-state index in [-0.39, 0.29) is 5.91 Å². The molecule has 1 amide bonds. The predicted octanol–water partition coefficient (Wildman–Crippen LogP) is 1.46. The minimum absolute atomic E-state index is 0.192. The maximum atomic E-state index is 12.2. The van der Waals surface area contributed by atoms with Gasteiger partial charge in [-0.1, -0.05) is 25.1 Å². The Morgan fingerprint density at radius 3 is 2.07 bits per heavy atom. The van der Waals surface area contributed by atoms with Crippen LogP contribution >= 0.6 is 12.2 Å². The SMILES string of the molecule is NC(=S)C1(C(=O)N2CCCCCC2)CC1. The molecule has 1 aliphatic heterocycles. The molecule has 0 bridgehead atoms. The van der Waals surface area contributed by atoms with Crippen LogP contribution in [0.4, 0.5) is 0 Å². The van der Waals surface area contributed by atoms with Crippen molar-refractivity contribution in [2.75, 3.05) is 13.1 Å². The van der Waals surface area contributed by atoms with Gasteiger partial charge in [0, 0.05) is 13.1 Å². The van der Waals surface area contributed by atoms with E-state index in [0.29, 0.717) is 4.99 Å². The molecule has 0 aromatic rings. The summed E-state index contributed by atoms with van der Waals surface area (Å²) < 4.78 is 0. The van der Waals surface area contributed by atoms with Gasteiger partial charge in [0.2, 0.25) is 5.91 Å². The Hall–Kier alpha value is -0.640. The van der Waals surface area contributed by atoms with E-state index in [9.17, 15) is 4.79 Å². The predicted molar refractivity (Wildman–Crippen MR) is 63.5 cm³/mol. The highest BCUT2D eigenvalue weighted by atomic mass is 32.1. The fourth-order valence-corrected chi connectivity index (χ4v) is 2.56. The largest absolute Gasteiger partial charge is 0.392 e. The average Bonchev–Trinajstić information content (AvgIpc) is 3.03. The van der Waals surface area contributed by atoms with Gasteiger partial charge in [0.25, 0.3) is 0 Å². The Morgan fingerprint density at radius 2 is 1.67 bits per heavy atom. The lowest BCUT2D eigenvalue weighted by molar-refractivity contribution is -0.134. The number of carbonyl (C=O) groups excluding carboxylic acids is 1. The number of rotatable bonds is 2. The Morgan fingerprint density at radius 1 is 1.13 bits per heavy atom. The summed E-state index contributed by atoms with van der Waals surface area (Å²) >= 11 is 5.00. The summed E-state index contributed by atoms with van der Waals surface area (Å²) in [4.78, 5) is 14.6. The molecule has 1 aliphatic carbocycles. The highest BCUT2D eigenvalue weighted by molar-refractivity contribution is 7.80. The van der Waals surface area contributed by atoms with Crippen molar-refractivity contribution in [3.8, 4) is 0 Å². The first-order valence-electron chi connectivity index (χ1n) is 5.76. The van der Waals surface area contributed by atoms with Gasteiger partial charge in [-0.2, -0.15) is 0 Å². The Balaban J connectivity index is 2.03. The number of hydrogen-bond donors (Lipinski definition) is 1. The molecule has 0 spiro atoms. The van der Waals surface area contributed by atoms with Gasteiger partial charge in [-0.25, -0.2) is 0 Å². The molecule has 84 valence electrons. The van der Waals surface area contributed by atoms with Crippen LogP contribution in [0.3, 0.4) is 0 Å². The summed E-state index contributed by atoms with van der Waals surface area (Å²) in [5, 5.41) is 0. The lowest BCUT2D eigenvalue weighted by Crippen LogP contribution is -2.43. The van der Waals surface area contributed by atoms with Gasteiger partial charge >= 0.3 is 0 Å². The molecule has 2 N–H and O–H groups in total. The molecule has 0 unspecified atom stereocenters. The van der Waals surface area contributed by atoms with E-state index < -0.39 is 5.41 Å². The van der Waals surface area contributed by atoms with Crippen molar-refractivity contribution in [2.45, 2.75) is 38.5 Å². The minimum atomic E-state index is -0.445. The third kappa shape index (κ3) is 2.00. The number of nitrogens with two attached hydrogens (primary N) is 1. The Bertz CT molecular complexity index is 278. The molecular formula is C11H18N2OS. The molecule has 2 aliphatic rings. The molecule has 2 fully saturated rings. The molecule has 0 aromatic carbocycles. The molecule has 0 radical (unpaired) electrons. The smallest absolute Gasteiger partial charge is 0.235 e. The number of thiocarbonyl (C=S) groups is 1. The second-order valence-corrected chi connectivity index (χ2v) is 5.09. The van der Waals surface area contributed by atoms with Crippen LogP contribution in [0.15, 0.2) is 0 Å². The van der Waals surface area contributed by atoms with E-state index in [0.717, 1.165) is 38.8 Å². The first-order chi connectivity index (χ1) is 7.17. The summed E-state index contributed by atoms with van der Waals surface area (Å²) in [5.74, 6) is 0.192. The molecule has 1 heterocycles. The van der Waals surface area contributed by atoms with Crippen LogP contribution in [0, 0.1) is 5.41 Å². The highest BCUT2D eigenvalue weighted by Crippen LogP contribution is 2.47. The zero-order valence-corrected chi connectivity index (χ0v) is 9.81. The van der Waals surface area contributed by atoms with Crippen molar-refractivity contribution in [1.29, 1.82) is 0 Å². The van der Waals surface area contributed by atoms with Crippen LogP contribution in [-0.4, -0.2) is 28.9 Å². The van der Waals surface area contributed by atoms with Gasteiger partial charge in [0.15, 0.2) is 0 Å². The maximum Gasteiger partial charge on any atom is 0.235 e. The maximum absolute atomic E-state index is 12.2. The third-order valence-corrected chi connectivity index (χ3v) is 3.92. The van der Waals surface area contributed by atoms with E-state index in [1.807, 2.05) is 4.90 Å². The zero-order valence-electron chi connectivity index (χ0n) is 9.00. The fraction of sp³-hybridized carbons (Fsp3) is 0.818. The average molecular weight is 226 g/mol. The molecule has 4 heteroatoms. The summed E-state index contributed by atoms with van der Waals surface area (Å²) in [6, 6.07) is 0. The Labute approximate surface area is 96.0 Å². The van der Waals surface area contributed by atoms with Crippen LogP contribution < -0.4 is 5.73 Å². The molecular weight excluding hydrogens is 208 g/mol. The number of likely N-dealkylation sites (tertiary alicyclic amines) is 1. The molecule has 1 saturated heterocycles. The quantitative estimate of drug-likeness (QED) is 0.725. The van der Waals surface area contributed by atoms with Gasteiger partial charge in [-0.3, -0.25) is 4.79 Å². The molecule has 0 atom stereocenters. The summed E-state index contributed by atoms with van der Waals surface area (Å²) in [7, 11) is 0. The van der Waals surface area contributed by atoms with Crippen molar-refractivity contribution in [3.05, 3.63) is 0 Å². The van der Waals surface area contributed by atoms with Crippen LogP contribution in [-0.2, 0) is 4.79 Å². The van der Waals surface area contributed by atoms with Gasteiger partial charge in [-0.15, -0.1) is 0 Å². The van der Waals surface area contributed by atoms with Crippen molar-refractivity contribution in [2.24, 2.45) is 11.1 Å². The summed E-state index contributed by atoms with van der Waals surface area (Å²) in [5.41, 5.74) is 5.22. The van der Waals surface area contributed by atoms with Gasteiger partial charge < -0.3 is 10.6 Å². The van der Waals surface area contributed by atoms with Crippen molar-refractivity contribution < 1.29 is 4.79 Å². The topological polar surface area (TPSA) is 46.3 Å². The fourth-order valence-electron chi connectivity index (χ4n) is 2.27. The van der Waals surface area contributed by atoms with Gasteiger partial charge in [0.1, 0.15) is 0 Å². The minimum Gasteiger partial charge on any atom is -0.392 e. The molecule has 2 rings (SSSR count). The normalized spacial score (nSPS) is 24.4. The lowest BCUT2D eigenvalue weighted by Gasteiger charge is -2.25. The van der Waals surface area contributed by atoms with Crippen molar-refractivity contribution >= 4 is 23.1 Å². The summed E-state index contributed by atoms with van der Waals surface area (Å²) in [6.45, 7) is 1.78. The van der Waals surface area contributed by atoms with Gasteiger partial charge in [-0.05, 0) is 25.7 Å². The number of nitrogens with zero attached hydrogens (tertiary/aromatic N) is 1. The van der Waals surface area contributed by atoms with Crippen molar-refractivity contribution in [3.63, 3.8) is 0 Å². The van der Waals surface area contributed by atoms with Crippen LogP contribution in [0.5, 0.6) is 0 Å². The van der Waals surface area contributed by atoms with Crippen molar-refractivity contribution in [1.82, 2.24) is 4.90 Å². The highest BCUT2D eigenvalue weighted by Gasteiger charge is 2.54. The number of carbonyl (C=O) groups is 1. The zero-order chi connectivity index (χ0) is 10.9. The van der Waals surface area contributed by atoms with E-state index in [2.05, 4.69) is 0 Å². The summed E-state index contributed by atoms with van der Waals surface area (Å²) in [6.07, 6.45) is 6.45. The monoisotopic (exact) mass is 226 g/mol. The van der Waals surface area contributed by atoms with E-state index in [4.69, 9.17) is 18.0 Å². The van der Waals surface area contributed by atoms with Crippen LogP contribution in [0.2, 0.25) is 0 Å². The molecule has 0 aromatic heterocycles. The third-order valence-electron chi connectivity index (χ3n) is 3.52. The molecule has 3 nitrogen and oxygen atoms in total. The van der Waals surface area contributed by atoms with Crippen LogP contribution in [0.25, 0.3) is 0 Å². The van der Waals surface area contributed by atoms with Gasteiger partial charge in [0.05, 0.1) is 10.4 Å². The van der Waals surface area contributed by atoms with E-state index in [1.165, 1.54) is 12.8 Å². The second-order valence-electron chi connectivity index (χ2n) is 4.65. The lowest BCUT2D eigenvalue weighted by atomic mass is 10.1. The first kappa shape index (κ1) is 10.9. The first-order valence-corrected chi connectivity index (χ1v) is 6.17. The van der Waals surface area contributed by atoms with E-state index >= 15 is 0 Å². The Kier molecular flexibility index (Phi) is 2.96. The number of amides is 1. The molecule has 15 heavy (non-hydrogen) atoms. The molecule has 1 saturated carbocycles.